The van der Waals surface area contributed by atoms with Crippen LogP contribution in [0.5, 0.6) is 11.5 Å². The third kappa shape index (κ3) is 5.84. The van der Waals surface area contributed by atoms with Crippen molar-refractivity contribution in [1.82, 2.24) is 0 Å². The fourth-order valence-electron chi connectivity index (χ4n) is 2.18. The standard InChI is InChI=1S/C19H18N2O7/c1-26-16-8-9-17(27-2)13(11-16)3-10-19(23)28-12-18(22)20-14-4-6-15(7-5-14)21(24)25/h3-11H,12H2,1-2H3,(H,20,22)/b10-3+. The van der Waals surface area contributed by atoms with Gasteiger partial charge in [-0.3, -0.25) is 14.9 Å². The molecule has 0 unspecified atom stereocenters. The average molecular weight is 386 g/mol. The number of carbonyl (C=O) groups excluding carboxylic acids is 2. The highest BCUT2D eigenvalue weighted by Gasteiger charge is 2.09. The highest BCUT2D eigenvalue weighted by molar-refractivity contribution is 5.94. The molecule has 0 aliphatic heterocycles. The summed E-state index contributed by atoms with van der Waals surface area (Å²) in [6.45, 7) is -0.505. The van der Waals surface area contributed by atoms with Gasteiger partial charge in [0.1, 0.15) is 11.5 Å². The maximum atomic E-state index is 11.8. The smallest absolute Gasteiger partial charge is 0.331 e. The number of nitro groups is 1. The average Bonchev–Trinajstić information content (AvgIpc) is 2.70. The summed E-state index contributed by atoms with van der Waals surface area (Å²) in [5.74, 6) is -0.157. The first kappa shape index (κ1) is 20.4. The molecule has 0 aliphatic rings. The highest BCUT2D eigenvalue weighted by atomic mass is 16.6. The monoisotopic (exact) mass is 386 g/mol. The number of rotatable bonds is 8. The maximum absolute atomic E-state index is 11.8. The number of hydrogen-bond acceptors (Lipinski definition) is 7. The van der Waals surface area contributed by atoms with Crippen molar-refractivity contribution in [2.75, 3.05) is 26.1 Å². The summed E-state index contributed by atoms with van der Waals surface area (Å²) in [6.07, 6.45) is 2.65. The lowest BCUT2D eigenvalue weighted by atomic mass is 10.1. The third-order valence-electron chi connectivity index (χ3n) is 3.54. The molecule has 28 heavy (non-hydrogen) atoms. The van der Waals surface area contributed by atoms with Crippen molar-refractivity contribution in [2.45, 2.75) is 0 Å². The number of non-ortho nitro benzene ring substituents is 1. The van der Waals surface area contributed by atoms with E-state index < -0.39 is 23.4 Å². The summed E-state index contributed by atoms with van der Waals surface area (Å²) >= 11 is 0. The van der Waals surface area contributed by atoms with Crippen molar-refractivity contribution in [3.63, 3.8) is 0 Å². The first-order valence-electron chi connectivity index (χ1n) is 8.04. The quantitative estimate of drug-likeness (QED) is 0.321. The Labute approximate surface area is 160 Å². The zero-order chi connectivity index (χ0) is 20.5. The molecule has 146 valence electrons. The minimum Gasteiger partial charge on any atom is -0.497 e. The van der Waals surface area contributed by atoms with Crippen molar-refractivity contribution in [1.29, 1.82) is 0 Å². The molecule has 0 fully saturated rings. The van der Waals surface area contributed by atoms with E-state index in [1.54, 1.807) is 18.2 Å². The molecule has 9 heteroatoms. The Morgan fingerprint density at radius 3 is 2.43 bits per heavy atom. The zero-order valence-corrected chi connectivity index (χ0v) is 15.2. The zero-order valence-electron chi connectivity index (χ0n) is 15.2. The van der Waals surface area contributed by atoms with Crippen LogP contribution in [0.2, 0.25) is 0 Å². The Bertz CT molecular complexity index is 892. The molecular weight excluding hydrogens is 368 g/mol. The molecule has 0 aromatic heterocycles. The summed E-state index contributed by atoms with van der Waals surface area (Å²) in [7, 11) is 3.02. The van der Waals surface area contributed by atoms with Crippen LogP contribution in [0.3, 0.4) is 0 Å². The second-order valence-corrected chi connectivity index (χ2v) is 5.40. The lowest BCUT2D eigenvalue weighted by Crippen LogP contribution is -2.20. The fraction of sp³-hybridized carbons (Fsp3) is 0.158. The van der Waals surface area contributed by atoms with Gasteiger partial charge in [0.05, 0.1) is 19.1 Å². The Morgan fingerprint density at radius 2 is 1.82 bits per heavy atom. The summed E-state index contributed by atoms with van der Waals surface area (Å²) in [5.41, 5.74) is 0.861. The van der Waals surface area contributed by atoms with Gasteiger partial charge in [0.25, 0.3) is 11.6 Å². The van der Waals surface area contributed by atoms with E-state index in [1.807, 2.05) is 0 Å². The van der Waals surface area contributed by atoms with Crippen LogP contribution in [-0.4, -0.2) is 37.6 Å². The van der Waals surface area contributed by atoms with Crippen LogP contribution < -0.4 is 14.8 Å². The van der Waals surface area contributed by atoms with Gasteiger partial charge in [0.2, 0.25) is 0 Å². The molecule has 0 atom stereocenters. The number of nitrogens with zero attached hydrogens (tertiary/aromatic N) is 1. The number of benzene rings is 2. The number of anilines is 1. The topological polar surface area (TPSA) is 117 Å². The fourth-order valence-corrected chi connectivity index (χ4v) is 2.18. The van der Waals surface area contributed by atoms with E-state index >= 15 is 0 Å². The Balaban J connectivity index is 1.88. The molecule has 0 heterocycles. The van der Waals surface area contributed by atoms with E-state index in [0.717, 1.165) is 6.08 Å². The van der Waals surface area contributed by atoms with E-state index in [9.17, 15) is 19.7 Å². The molecule has 9 nitrogen and oxygen atoms in total. The maximum Gasteiger partial charge on any atom is 0.331 e. The Kier molecular flexibility index (Phi) is 7.09. The normalized spacial score (nSPS) is 10.4. The number of hydrogen-bond donors (Lipinski definition) is 1. The number of methoxy groups -OCH3 is 2. The SMILES string of the molecule is COc1ccc(OC)c(/C=C/C(=O)OCC(=O)Nc2ccc([N+](=O)[O-])cc2)c1. The van der Waals surface area contributed by atoms with Crippen molar-refractivity contribution < 1.29 is 28.7 Å². The van der Waals surface area contributed by atoms with Gasteiger partial charge in [-0.25, -0.2) is 4.79 Å². The predicted octanol–water partition coefficient (Wildman–Crippen LogP) is 2.81. The van der Waals surface area contributed by atoms with Gasteiger partial charge in [-0.15, -0.1) is 0 Å². The number of esters is 1. The van der Waals surface area contributed by atoms with E-state index in [-0.39, 0.29) is 5.69 Å². The molecular formula is C19H18N2O7. The number of ether oxygens (including phenoxy) is 3. The van der Waals surface area contributed by atoms with Gasteiger partial charge < -0.3 is 19.5 Å². The van der Waals surface area contributed by atoms with Gasteiger partial charge in [-0.1, -0.05) is 0 Å². The minimum atomic E-state index is -0.719. The molecule has 2 aromatic rings. The second kappa shape index (κ2) is 9.72. The molecule has 2 rings (SSSR count). The van der Waals surface area contributed by atoms with E-state index in [4.69, 9.17) is 14.2 Å². The van der Waals surface area contributed by atoms with Crippen LogP contribution in [-0.2, 0) is 14.3 Å². The molecule has 0 saturated carbocycles. The first-order valence-corrected chi connectivity index (χ1v) is 8.04. The van der Waals surface area contributed by atoms with E-state index in [2.05, 4.69) is 5.32 Å². The molecule has 0 saturated heterocycles. The van der Waals surface area contributed by atoms with Crippen molar-refractivity contribution >= 4 is 29.3 Å². The highest BCUT2D eigenvalue weighted by Crippen LogP contribution is 2.25. The summed E-state index contributed by atoms with van der Waals surface area (Å²) < 4.78 is 15.2. The van der Waals surface area contributed by atoms with E-state index in [1.165, 1.54) is 44.6 Å². The number of carbonyl (C=O) groups is 2. The number of nitro benzene ring substituents is 1. The van der Waals surface area contributed by atoms with Gasteiger partial charge in [-0.05, 0) is 36.4 Å². The van der Waals surface area contributed by atoms with Crippen LogP contribution in [0.1, 0.15) is 5.56 Å². The van der Waals surface area contributed by atoms with Crippen molar-refractivity contribution in [3.8, 4) is 11.5 Å². The lowest BCUT2D eigenvalue weighted by Gasteiger charge is -2.07. The molecule has 2 aromatic carbocycles. The number of amides is 1. The van der Waals surface area contributed by atoms with E-state index in [0.29, 0.717) is 22.7 Å². The van der Waals surface area contributed by atoms with Gasteiger partial charge in [-0.2, -0.15) is 0 Å². The first-order chi connectivity index (χ1) is 13.4. The largest absolute Gasteiger partial charge is 0.497 e. The minimum absolute atomic E-state index is 0.0949. The summed E-state index contributed by atoms with van der Waals surface area (Å²) in [5, 5.41) is 13.1. The Morgan fingerprint density at radius 1 is 1.11 bits per heavy atom. The lowest BCUT2D eigenvalue weighted by molar-refractivity contribution is -0.384. The summed E-state index contributed by atoms with van der Waals surface area (Å²) in [4.78, 5) is 33.7. The molecule has 0 aliphatic carbocycles. The predicted molar refractivity (Wildman–Crippen MR) is 101 cm³/mol. The second-order valence-electron chi connectivity index (χ2n) is 5.40. The molecule has 1 amide bonds. The van der Waals surface area contributed by atoms with Crippen LogP contribution in [0.4, 0.5) is 11.4 Å². The van der Waals surface area contributed by atoms with Gasteiger partial charge >= 0.3 is 5.97 Å². The molecule has 0 spiro atoms. The van der Waals surface area contributed by atoms with Crippen LogP contribution in [0, 0.1) is 10.1 Å². The van der Waals surface area contributed by atoms with Gasteiger partial charge in [0.15, 0.2) is 6.61 Å². The Hall–Kier alpha value is -3.88. The van der Waals surface area contributed by atoms with Gasteiger partial charge in [0, 0.05) is 29.5 Å². The van der Waals surface area contributed by atoms with Crippen LogP contribution in [0.15, 0.2) is 48.5 Å². The number of nitrogens with one attached hydrogen (secondary N) is 1. The molecule has 0 bridgehead atoms. The van der Waals surface area contributed by atoms with Crippen LogP contribution >= 0.6 is 0 Å². The summed E-state index contributed by atoms with van der Waals surface area (Å²) in [6, 6.07) is 10.4. The molecule has 0 radical (unpaired) electrons. The third-order valence-corrected chi connectivity index (χ3v) is 3.54. The van der Waals surface area contributed by atoms with Crippen molar-refractivity contribution in [2.24, 2.45) is 0 Å². The van der Waals surface area contributed by atoms with Crippen molar-refractivity contribution in [3.05, 3.63) is 64.2 Å². The molecule has 1 N–H and O–H groups in total. The van der Waals surface area contributed by atoms with Crippen LogP contribution in [0.25, 0.3) is 6.08 Å².